The molecule has 4 aromatic carbocycles. The third-order valence-electron chi connectivity index (χ3n) is 8.27. The average Bonchev–Trinajstić information content (AvgIpc) is 2.98. The maximum Gasteiger partial charge on any atom is 0.0505 e. The predicted molar refractivity (Wildman–Crippen MR) is 158 cm³/mol. The van der Waals surface area contributed by atoms with Crippen LogP contribution >= 0.6 is 0 Å². The number of aromatic nitrogens is 4. The number of rotatable bonds is 4. The third kappa shape index (κ3) is 2.69. The molecule has 0 amide bonds. The molecule has 0 aliphatic carbocycles. The molecule has 8 rings (SSSR count). The van der Waals surface area contributed by atoms with Crippen LogP contribution in [0.2, 0.25) is 0 Å². The van der Waals surface area contributed by atoms with Gasteiger partial charge in [-0.3, -0.25) is 9.97 Å². The minimum absolute atomic E-state index is 0.890. The van der Waals surface area contributed by atoms with Gasteiger partial charge >= 0.3 is 0 Å². The van der Waals surface area contributed by atoms with E-state index in [1.165, 1.54) is 77.0 Å². The zero-order valence-electron chi connectivity index (χ0n) is 21.4. The minimum Gasteiger partial charge on any atom is -0.341 e. The summed E-state index contributed by atoms with van der Waals surface area (Å²) in [6.45, 7) is 6.30. The van der Waals surface area contributed by atoms with Crippen LogP contribution in [0, 0.1) is 0 Å². The van der Waals surface area contributed by atoms with Gasteiger partial charge in [-0.1, -0.05) is 24.3 Å². The topological polar surface area (TPSA) is 35.6 Å². The van der Waals surface area contributed by atoms with Crippen molar-refractivity contribution in [3.8, 4) is 33.4 Å². The first-order valence-corrected chi connectivity index (χ1v) is 13.4. The van der Waals surface area contributed by atoms with Gasteiger partial charge in [-0.15, -0.1) is 0 Å². The van der Waals surface area contributed by atoms with Gasteiger partial charge in [-0.05, 0) is 95.4 Å². The summed E-state index contributed by atoms with van der Waals surface area (Å²) < 4.78 is 5.01. The molecule has 38 heavy (non-hydrogen) atoms. The van der Waals surface area contributed by atoms with Crippen molar-refractivity contribution in [1.82, 2.24) is 19.1 Å². The van der Waals surface area contributed by atoms with Crippen molar-refractivity contribution in [2.24, 2.45) is 0 Å². The fourth-order valence-corrected chi connectivity index (χ4v) is 6.75. The highest BCUT2D eigenvalue weighted by atomic mass is 15.0. The average molecular weight is 491 g/mol. The molecule has 0 saturated heterocycles. The molecule has 2 aliphatic rings. The zero-order chi connectivity index (χ0) is 25.4. The molecule has 0 fully saturated rings. The summed E-state index contributed by atoms with van der Waals surface area (Å²) in [6, 6.07) is 26.9. The predicted octanol–water partition coefficient (Wildman–Crippen LogP) is 8.61. The zero-order valence-corrected chi connectivity index (χ0v) is 21.4. The fourth-order valence-electron chi connectivity index (χ4n) is 6.75. The van der Waals surface area contributed by atoms with Crippen LogP contribution < -0.4 is 0 Å². The van der Waals surface area contributed by atoms with Gasteiger partial charge in [0.1, 0.15) is 0 Å². The van der Waals surface area contributed by atoms with E-state index in [2.05, 4.69) is 106 Å². The molecule has 2 aromatic heterocycles. The van der Waals surface area contributed by atoms with Gasteiger partial charge in [-0.25, -0.2) is 0 Å². The molecule has 0 saturated carbocycles. The lowest BCUT2D eigenvalue weighted by Crippen LogP contribution is -2.11. The van der Waals surface area contributed by atoms with Crippen molar-refractivity contribution < 1.29 is 0 Å². The van der Waals surface area contributed by atoms with E-state index in [9.17, 15) is 0 Å². The van der Waals surface area contributed by atoms with Crippen molar-refractivity contribution in [2.75, 3.05) is 0 Å². The summed E-state index contributed by atoms with van der Waals surface area (Å²) in [4.78, 5) is 8.58. The van der Waals surface area contributed by atoms with Gasteiger partial charge in [0, 0.05) is 70.8 Å². The van der Waals surface area contributed by atoms with Crippen molar-refractivity contribution in [2.45, 2.75) is 26.9 Å². The first-order valence-electron chi connectivity index (χ1n) is 13.4. The molecule has 182 valence electrons. The Morgan fingerprint density at radius 3 is 1.34 bits per heavy atom. The van der Waals surface area contributed by atoms with Crippen molar-refractivity contribution in [1.29, 1.82) is 0 Å². The van der Waals surface area contributed by atoms with E-state index >= 15 is 0 Å². The summed E-state index contributed by atoms with van der Waals surface area (Å²) in [7, 11) is 0. The van der Waals surface area contributed by atoms with Crippen LogP contribution in [0.3, 0.4) is 0 Å². The van der Waals surface area contributed by atoms with Crippen LogP contribution in [0.5, 0.6) is 0 Å². The maximum absolute atomic E-state index is 4.29. The molecule has 0 unspecified atom stereocenters. The molecule has 0 N–H and O–H groups in total. The standard InChI is InChI=1S/C34H26N4/c1-3-37-27-9-5-7-23-26(22-13-17-36-18-14-22)20-30-34(31(23)27)33-29(37)19-25(21-11-15-35-16-12-21)24-8-6-10-28(32(24)33)38(30)4-2/h5-20H,3-4H2,1-2H3. The Morgan fingerprint density at radius 1 is 0.526 bits per heavy atom. The van der Waals surface area contributed by atoms with Gasteiger partial charge in [-0.2, -0.15) is 0 Å². The minimum atomic E-state index is 0.890. The molecule has 2 aliphatic heterocycles. The van der Waals surface area contributed by atoms with Crippen LogP contribution in [0.1, 0.15) is 13.8 Å². The Hall–Kier alpha value is -4.70. The monoisotopic (exact) mass is 490 g/mol. The Balaban J connectivity index is 1.69. The fraction of sp³-hybridized carbons (Fsp3) is 0.118. The van der Waals surface area contributed by atoms with Crippen molar-refractivity contribution in [3.05, 3.63) is 97.6 Å². The summed E-state index contributed by atoms with van der Waals surface area (Å²) in [5, 5.41) is 5.27. The molecule has 4 heteroatoms. The summed E-state index contributed by atoms with van der Waals surface area (Å²) in [6.07, 6.45) is 7.56. The van der Waals surface area contributed by atoms with Crippen molar-refractivity contribution in [3.63, 3.8) is 0 Å². The summed E-state index contributed by atoms with van der Waals surface area (Å²) in [5.74, 6) is 0. The van der Waals surface area contributed by atoms with Crippen LogP contribution in [-0.2, 0) is 13.1 Å². The van der Waals surface area contributed by atoms with E-state index in [1.807, 2.05) is 24.8 Å². The third-order valence-corrected chi connectivity index (χ3v) is 8.27. The molecule has 6 aromatic rings. The number of pyridine rings is 4. The maximum atomic E-state index is 4.29. The summed E-state index contributed by atoms with van der Waals surface area (Å²) >= 11 is 0. The van der Waals surface area contributed by atoms with Crippen LogP contribution in [0.4, 0.5) is 0 Å². The molecule has 0 bridgehead atoms. The SMILES string of the molecule is CCn1c2cc(-c3ccncc3)c3cccc4c3c2-c2c3c(cccc31)c(-c1ccncc1)cc2n4CC. The van der Waals surface area contributed by atoms with Gasteiger partial charge in [0.15, 0.2) is 0 Å². The Labute approximate surface area is 220 Å². The number of benzene rings is 4. The van der Waals surface area contributed by atoms with E-state index in [-0.39, 0.29) is 0 Å². The molecule has 0 atom stereocenters. The molecule has 4 heterocycles. The quantitative estimate of drug-likeness (QED) is 0.183. The smallest absolute Gasteiger partial charge is 0.0505 e. The Kier molecular flexibility index (Phi) is 4.45. The van der Waals surface area contributed by atoms with Crippen molar-refractivity contribution >= 4 is 43.6 Å². The molecule has 0 spiro atoms. The lowest BCUT2D eigenvalue weighted by atomic mass is 9.83. The first-order chi connectivity index (χ1) is 18.8. The van der Waals surface area contributed by atoms with E-state index in [1.54, 1.807) is 0 Å². The molecular weight excluding hydrogens is 464 g/mol. The highest BCUT2D eigenvalue weighted by Crippen LogP contribution is 2.51. The normalized spacial score (nSPS) is 12.2. The van der Waals surface area contributed by atoms with Crippen LogP contribution in [0.25, 0.3) is 77.0 Å². The largest absolute Gasteiger partial charge is 0.341 e. The van der Waals surface area contributed by atoms with Gasteiger partial charge in [0.25, 0.3) is 0 Å². The second-order valence-electron chi connectivity index (χ2n) is 10.00. The Bertz CT molecular complexity index is 1930. The van der Waals surface area contributed by atoms with E-state index in [0.717, 1.165) is 13.1 Å². The lowest BCUT2D eigenvalue weighted by molar-refractivity contribution is 0.813. The van der Waals surface area contributed by atoms with Crippen LogP contribution in [-0.4, -0.2) is 19.1 Å². The van der Waals surface area contributed by atoms with Gasteiger partial charge in [0.05, 0.1) is 11.0 Å². The van der Waals surface area contributed by atoms with Gasteiger partial charge < -0.3 is 9.13 Å². The lowest BCUT2D eigenvalue weighted by Gasteiger charge is -2.30. The van der Waals surface area contributed by atoms with Crippen LogP contribution in [0.15, 0.2) is 97.6 Å². The van der Waals surface area contributed by atoms with E-state index in [0.29, 0.717) is 0 Å². The molecule has 0 radical (unpaired) electrons. The first kappa shape index (κ1) is 21.4. The molecular formula is C34H26N4. The highest BCUT2D eigenvalue weighted by molar-refractivity contribution is 6.29. The number of nitrogens with zero attached hydrogens (tertiary/aromatic N) is 4. The van der Waals surface area contributed by atoms with E-state index < -0.39 is 0 Å². The number of aryl methyl sites for hydroxylation is 2. The second kappa shape index (κ2) is 7.90. The highest BCUT2D eigenvalue weighted by Gasteiger charge is 2.28. The summed E-state index contributed by atoms with van der Waals surface area (Å²) in [5.41, 5.74) is 12.7. The molecule has 4 nitrogen and oxygen atoms in total. The number of hydrogen-bond acceptors (Lipinski definition) is 2. The second-order valence-corrected chi connectivity index (χ2v) is 10.00. The number of hydrogen-bond donors (Lipinski definition) is 0. The Morgan fingerprint density at radius 2 is 0.947 bits per heavy atom. The van der Waals surface area contributed by atoms with Gasteiger partial charge in [0.2, 0.25) is 0 Å². The van der Waals surface area contributed by atoms with E-state index in [4.69, 9.17) is 0 Å².